The largest absolute Gasteiger partial charge is 0.497 e. The number of carboxylic acid groups (broad SMARTS) is 1. The molecule has 2 unspecified atom stereocenters. The van der Waals surface area contributed by atoms with Crippen molar-refractivity contribution in [2.45, 2.75) is 18.5 Å². The lowest BCUT2D eigenvalue weighted by atomic mass is 9.88. The van der Waals surface area contributed by atoms with E-state index in [2.05, 4.69) is 9.97 Å². The van der Waals surface area contributed by atoms with Crippen molar-refractivity contribution in [3.8, 4) is 16.3 Å². The number of aromatic nitrogens is 2. The van der Waals surface area contributed by atoms with Crippen molar-refractivity contribution in [2.24, 2.45) is 0 Å². The van der Waals surface area contributed by atoms with E-state index in [9.17, 15) is 9.90 Å². The second-order valence-electron chi connectivity index (χ2n) is 6.50. The molecule has 3 aliphatic heterocycles. The van der Waals surface area contributed by atoms with Gasteiger partial charge >= 0.3 is 6.09 Å². The Morgan fingerprint density at radius 1 is 1.38 bits per heavy atom. The van der Waals surface area contributed by atoms with Gasteiger partial charge in [0.05, 0.1) is 24.8 Å². The maximum Gasteiger partial charge on any atom is 0.407 e. The van der Waals surface area contributed by atoms with E-state index >= 15 is 0 Å². The predicted molar refractivity (Wildman–Crippen MR) is 95.9 cm³/mol. The molecule has 5 heterocycles. The zero-order valence-corrected chi connectivity index (χ0v) is 14.8. The van der Waals surface area contributed by atoms with Crippen LogP contribution in [0.15, 0.2) is 28.1 Å². The minimum Gasteiger partial charge on any atom is -0.497 e. The molecule has 3 aromatic rings. The Morgan fingerprint density at radius 2 is 2.19 bits per heavy atom. The van der Waals surface area contributed by atoms with Crippen molar-refractivity contribution in [1.82, 2.24) is 14.9 Å². The van der Waals surface area contributed by atoms with Crippen LogP contribution in [0.5, 0.6) is 5.75 Å². The molecule has 26 heavy (non-hydrogen) atoms. The average molecular weight is 372 g/mol. The summed E-state index contributed by atoms with van der Waals surface area (Å²) in [6.07, 6.45) is 1.81. The van der Waals surface area contributed by atoms with Crippen LogP contribution < -0.4 is 9.64 Å². The van der Waals surface area contributed by atoms with E-state index in [-0.39, 0.29) is 12.1 Å². The number of rotatable bonds is 3. The molecule has 0 aliphatic carbocycles. The highest BCUT2D eigenvalue weighted by Crippen LogP contribution is 2.39. The van der Waals surface area contributed by atoms with Gasteiger partial charge < -0.3 is 19.2 Å². The molecule has 1 amide bonds. The van der Waals surface area contributed by atoms with Gasteiger partial charge in [-0.25, -0.2) is 9.78 Å². The Balaban J connectivity index is 1.53. The van der Waals surface area contributed by atoms with Gasteiger partial charge in [-0.1, -0.05) is 0 Å². The number of piperidine rings is 1. The normalized spacial score (nSPS) is 21.7. The molecule has 3 fully saturated rings. The van der Waals surface area contributed by atoms with Gasteiger partial charge in [-0.05, 0) is 12.5 Å². The first-order chi connectivity index (χ1) is 12.6. The number of ether oxygens (including phenoxy) is 1. The Bertz CT molecular complexity index is 974. The molecular formula is C17H16N4O4S. The first-order valence-corrected chi connectivity index (χ1v) is 9.16. The van der Waals surface area contributed by atoms with Gasteiger partial charge in [0.25, 0.3) is 6.01 Å². The molecule has 2 bridgehead atoms. The molecule has 0 saturated carbocycles. The van der Waals surface area contributed by atoms with E-state index in [1.807, 2.05) is 22.4 Å². The number of piperazine rings is 1. The molecule has 1 N–H and O–H groups in total. The maximum atomic E-state index is 11.3. The first kappa shape index (κ1) is 15.4. The van der Waals surface area contributed by atoms with E-state index in [1.165, 1.54) is 16.2 Å². The van der Waals surface area contributed by atoms with Crippen LogP contribution in [0, 0.1) is 0 Å². The first-order valence-electron chi connectivity index (χ1n) is 8.28. The van der Waals surface area contributed by atoms with Crippen LogP contribution in [0.1, 0.15) is 6.42 Å². The summed E-state index contributed by atoms with van der Waals surface area (Å²) in [6.45, 7) is 1.19. The number of carbonyl (C=O) groups is 1. The number of anilines is 1. The predicted octanol–water partition coefficient (Wildman–Crippen LogP) is 2.90. The highest BCUT2D eigenvalue weighted by molar-refractivity contribution is 7.13. The molecule has 134 valence electrons. The highest BCUT2D eigenvalue weighted by atomic mass is 32.1. The number of hydrogen-bond donors (Lipinski definition) is 1. The molecule has 3 aliphatic rings. The molecule has 1 aromatic carbocycles. The van der Waals surface area contributed by atoms with Gasteiger partial charge in [0, 0.05) is 30.7 Å². The van der Waals surface area contributed by atoms with Crippen LogP contribution in [0.25, 0.3) is 21.7 Å². The van der Waals surface area contributed by atoms with Crippen molar-refractivity contribution < 1.29 is 19.1 Å². The number of thiazole rings is 1. The summed E-state index contributed by atoms with van der Waals surface area (Å²) in [5, 5.41) is 12.0. The fourth-order valence-corrected chi connectivity index (χ4v) is 4.49. The van der Waals surface area contributed by atoms with E-state index in [0.717, 1.165) is 17.0 Å². The number of benzene rings is 1. The SMILES string of the molecule is COc1cc(-c2nccs2)c2oc(N3CC4CC(C3)N4C(=O)O)nc2c1. The van der Waals surface area contributed by atoms with Gasteiger partial charge in [-0.3, -0.25) is 4.90 Å². The van der Waals surface area contributed by atoms with E-state index < -0.39 is 6.09 Å². The van der Waals surface area contributed by atoms with Crippen molar-refractivity contribution >= 4 is 34.5 Å². The monoisotopic (exact) mass is 372 g/mol. The summed E-state index contributed by atoms with van der Waals surface area (Å²) in [5.74, 6) is 0.695. The van der Waals surface area contributed by atoms with Crippen LogP contribution in [0.3, 0.4) is 0 Å². The fraction of sp³-hybridized carbons (Fsp3) is 0.353. The van der Waals surface area contributed by atoms with Gasteiger partial charge in [0.15, 0.2) is 5.58 Å². The molecular weight excluding hydrogens is 356 g/mol. The molecule has 2 atom stereocenters. The summed E-state index contributed by atoms with van der Waals surface area (Å²) >= 11 is 1.53. The fourth-order valence-electron chi connectivity index (χ4n) is 3.84. The van der Waals surface area contributed by atoms with E-state index in [1.54, 1.807) is 13.3 Å². The van der Waals surface area contributed by atoms with Crippen LogP contribution in [-0.4, -0.2) is 58.4 Å². The number of oxazole rings is 1. The number of methoxy groups -OCH3 is 1. The third kappa shape index (κ3) is 2.23. The van der Waals surface area contributed by atoms with Crippen LogP contribution in [0.4, 0.5) is 10.8 Å². The zero-order valence-electron chi connectivity index (χ0n) is 14.0. The second-order valence-corrected chi connectivity index (χ2v) is 7.39. The lowest BCUT2D eigenvalue weighted by Gasteiger charge is -2.54. The summed E-state index contributed by atoms with van der Waals surface area (Å²) in [6, 6.07) is 4.28. The molecule has 9 heteroatoms. The minimum absolute atomic E-state index is 0.00855. The van der Waals surface area contributed by atoms with Crippen molar-refractivity contribution in [2.75, 3.05) is 25.1 Å². The Hall–Kier alpha value is -2.81. The quantitative estimate of drug-likeness (QED) is 0.756. The van der Waals surface area contributed by atoms with Gasteiger partial charge in [-0.2, -0.15) is 4.98 Å². The lowest BCUT2D eigenvalue weighted by molar-refractivity contribution is 0.0101. The van der Waals surface area contributed by atoms with Crippen LogP contribution >= 0.6 is 11.3 Å². The van der Waals surface area contributed by atoms with Gasteiger partial charge in [0.1, 0.15) is 16.3 Å². The molecule has 0 radical (unpaired) electrons. The van der Waals surface area contributed by atoms with Crippen molar-refractivity contribution in [3.63, 3.8) is 0 Å². The lowest BCUT2D eigenvalue weighted by Crippen LogP contribution is -2.70. The molecule has 2 aromatic heterocycles. The maximum absolute atomic E-state index is 11.3. The highest BCUT2D eigenvalue weighted by Gasteiger charge is 2.48. The van der Waals surface area contributed by atoms with Crippen molar-refractivity contribution in [1.29, 1.82) is 0 Å². The third-order valence-corrected chi connectivity index (χ3v) is 5.84. The van der Waals surface area contributed by atoms with E-state index in [0.29, 0.717) is 36.0 Å². The van der Waals surface area contributed by atoms with E-state index in [4.69, 9.17) is 9.15 Å². The summed E-state index contributed by atoms with van der Waals surface area (Å²) in [5.41, 5.74) is 2.23. The smallest absolute Gasteiger partial charge is 0.407 e. The Labute approximate surface area is 152 Å². The average Bonchev–Trinajstić information content (AvgIpc) is 3.29. The zero-order chi connectivity index (χ0) is 17.8. The topological polar surface area (TPSA) is 91.9 Å². The summed E-state index contributed by atoms with van der Waals surface area (Å²) < 4.78 is 11.5. The Morgan fingerprint density at radius 3 is 2.85 bits per heavy atom. The molecule has 0 spiro atoms. The molecule has 6 rings (SSSR count). The second kappa shape index (κ2) is 5.60. The van der Waals surface area contributed by atoms with Crippen molar-refractivity contribution in [3.05, 3.63) is 23.7 Å². The van der Waals surface area contributed by atoms with Gasteiger partial charge in [0.2, 0.25) is 0 Å². The standard InChI is InChI=1S/C17H16N4O4S/c1-24-11-5-12(15-18-2-3-26-15)14-13(6-11)19-16(25-14)20-7-9-4-10(8-20)21(9)17(22)23/h2-3,5-6,9-10H,4,7-8H2,1H3,(H,22,23). The third-order valence-electron chi connectivity index (χ3n) is 5.04. The summed E-state index contributed by atoms with van der Waals surface area (Å²) in [4.78, 5) is 23.8. The number of fused-ring (bicyclic) bond motifs is 3. The van der Waals surface area contributed by atoms with Gasteiger partial charge in [-0.15, -0.1) is 11.3 Å². The minimum atomic E-state index is -0.848. The molecule has 8 nitrogen and oxygen atoms in total. The number of nitrogens with zero attached hydrogens (tertiary/aromatic N) is 4. The number of hydrogen-bond acceptors (Lipinski definition) is 7. The summed E-state index contributed by atoms with van der Waals surface area (Å²) in [7, 11) is 1.62. The van der Waals surface area contributed by atoms with Crippen LogP contribution in [0.2, 0.25) is 0 Å². The molecule has 3 saturated heterocycles. The Kier molecular flexibility index (Phi) is 3.33. The number of amides is 1. The van der Waals surface area contributed by atoms with Crippen LogP contribution in [-0.2, 0) is 0 Å².